The van der Waals surface area contributed by atoms with Gasteiger partial charge in [0, 0.05) is 6.04 Å². The van der Waals surface area contributed by atoms with Gasteiger partial charge >= 0.3 is 0 Å². The molecular formula is C20H33NOSSi. The topological polar surface area (TPSA) is 12.5 Å². The summed E-state index contributed by atoms with van der Waals surface area (Å²) < 4.78 is 6.60. The van der Waals surface area contributed by atoms with Crippen LogP contribution in [0, 0.1) is 0 Å². The molecule has 0 bridgehead atoms. The van der Waals surface area contributed by atoms with Gasteiger partial charge in [-0.15, -0.1) is 0 Å². The van der Waals surface area contributed by atoms with E-state index in [0.29, 0.717) is 6.04 Å². The maximum atomic E-state index is 6.60. The highest BCUT2D eigenvalue weighted by molar-refractivity contribution is 7.80. The van der Waals surface area contributed by atoms with Crippen molar-refractivity contribution in [2.45, 2.75) is 77.2 Å². The number of benzene rings is 1. The molecule has 0 N–H and O–H groups in total. The molecular weight excluding hydrogens is 330 g/mol. The molecule has 0 aliphatic carbocycles. The second-order valence-corrected chi connectivity index (χ2v) is 13.8. The quantitative estimate of drug-likeness (QED) is 0.473. The second kappa shape index (κ2) is 7.67. The first-order chi connectivity index (χ1) is 11.1. The minimum Gasteiger partial charge on any atom is -0.414 e. The number of rotatable bonds is 5. The summed E-state index contributed by atoms with van der Waals surface area (Å²) in [6.45, 7) is 14.6. The molecule has 134 valence electrons. The Bertz CT molecular complexity index is 553. The van der Waals surface area contributed by atoms with Gasteiger partial charge < -0.3 is 9.33 Å². The molecule has 1 aliphatic rings. The van der Waals surface area contributed by atoms with E-state index in [-0.39, 0.29) is 11.1 Å². The lowest BCUT2D eigenvalue weighted by atomic mass is 9.97. The summed E-state index contributed by atoms with van der Waals surface area (Å²) >= 11 is 5.74. The molecule has 2 atom stereocenters. The van der Waals surface area contributed by atoms with E-state index in [0.717, 1.165) is 18.0 Å². The van der Waals surface area contributed by atoms with E-state index in [2.05, 4.69) is 76.0 Å². The molecule has 1 aromatic rings. The summed E-state index contributed by atoms with van der Waals surface area (Å²) in [6.07, 6.45) is 3.45. The van der Waals surface area contributed by atoms with Gasteiger partial charge in [-0.05, 0) is 49.9 Å². The minimum absolute atomic E-state index is 0.224. The molecule has 0 aromatic heterocycles. The fourth-order valence-corrected chi connectivity index (χ4v) is 4.52. The van der Waals surface area contributed by atoms with E-state index >= 15 is 0 Å². The van der Waals surface area contributed by atoms with E-state index < -0.39 is 8.32 Å². The third kappa shape index (κ3) is 4.47. The first kappa shape index (κ1) is 19.6. The molecule has 1 heterocycles. The molecule has 1 fully saturated rings. The Kier molecular flexibility index (Phi) is 6.27. The van der Waals surface area contributed by atoms with E-state index in [1.54, 1.807) is 0 Å². The van der Waals surface area contributed by atoms with Crippen LogP contribution in [0.4, 0.5) is 0 Å². The van der Waals surface area contributed by atoms with Gasteiger partial charge in [0.15, 0.2) is 8.32 Å². The van der Waals surface area contributed by atoms with Crippen molar-refractivity contribution in [3.8, 4) is 0 Å². The number of thiocarbonyl (C=S) groups is 1. The molecule has 24 heavy (non-hydrogen) atoms. The van der Waals surface area contributed by atoms with E-state index in [1.165, 1.54) is 18.4 Å². The Morgan fingerprint density at radius 2 is 1.88 bits per heavy atom. The average molecular weight is 364 g/mol. The number of hydrogen-bond acceptors (Lipinski definition) is 2. The molecule has 0 amide bonds. The summed E-state index contributed by atoms with van der Waals surface area (Å²) in [6, 6.07) is 11.4. The first-order valence-electron chi connectivity index (χ1n) is 9.13. The summed E-state index contributed by atoms with van der Waals surface area (Å²) in [5.74, 6) is 0. The fraction of sp³-hybridized carbons (Fsp3) is 0.650. The number of likely N-dealkylation sites (tertiary alicyclic amines) is 1. The second-order valence-electron chi connectivity index (χ2n) is 8.54. The van der Waals surface area contributed by atoms with Crippen molar-refractivity contribution < 1.29 is 4.43 Å². The molecule has 0 saturated carbocycles. The lowest BCUT2D eigenvalue weighted by Gasteiger charge is -2.44. The predicted octanol–water partition coefficient (Wildman–Crippen LogP) is 5.95. The van der Waals surface area contributed by atoms with E-state index in [9.17, 15) is 0 Å². The van der Waals surface area contributed by atoms with Crippen molar-refractivity contribution in [3.05, 3.63) is 35.9 Å². The minimum atomic E-state index is -1.78. The van der Waals surface area contributed by atoms with Crippen LogP contribution < -0.4 is 0 Å². The molecule has 2 rings (SSSR count). The highest BCUT2D eigenvalue weighted by Gasteiger charge is 2.39. The normalized spacial score (nSPS) is 21.0. The molecule has 1 saturated heterocycles. The van der Waals surface area contributed by atoms with Gasteiger partial charge in [-0.1, -0.05) is 63.3 Å². The third-order valence-electron chi connectivity index (χ3n) is 5.70. The van der Waals surface area contributed by atoms with Crippen molar-refractivity contribution in [1.82, 2.24) is 4.90 Å². The maximum Gasteiger partial charge on any atom is 0.192 e. The van der Waals surface area contributed by atoms with Crippen LogP contribution in [0.1, 0.15) is 58.6 Å². The van der Waals surface area contributed by atoms with Gasteiger partial charge in [0.2, 0.25) is 0 Å². The highest BCUT2D eigenvalue weighted by atomic mass is 32.1. The molecule has 0 radical (unpaired) electrons. The predicted molar refractivity (Wildman–Crippen MR) is 110 cm³/mol. The molecule has 0 spiro atoms. The SMILES string of the molecule is C[C@@H]1CCCC(=S)N1[C@@H](CO[Si](C)(C)C(C)(C)C)c1ccccc1. The Morgan fingerprint density at radius 1 is 1.25 bits per heavy atom. The zero-order valence-corrected chi connectivity index (χ0v) is 18.0. The smallest absolute Gasteiger partial charge is 0.192 e. The van der Waals surface area contributed by atoms with Gasteiger partial charge in [0.05, 0.1) is 17.6 Å². The van der Waals surface area contributed by atoms with Crippen LogP contribution in [0.25, 0.3) is 0 Å². The third-order valence-corrected chi connectivity index (χ3v) is 10.6. The summed E-state index contributed by atoms with van der Waals surface area (Å²) in [5, 5.41) is 0.224. The molecule has 1 aromatic carbocycles. The standard InChI is InChI=1S/C20H33NOSSi/c1-16-11-10-14-19(23)21(16)18(17-12-8-7-9-13-17)15-22-24(5,6)20(2,3)4/h7-9,12-13,16,18H,10-11,14-15H2,1-6H3/t16-,18+/m1/s1. The Morgan fingerprint density at radius 3 is 2.42 bits per heavy atom. The van der Waals surface area contributed by atoms with Crippen LogP contribution in [-0.4, -0.2) is 30.9 Å². The monoisotopic (exact) mass is 363 g/mol. The van der Waals surface area contributed by atoms with Crippen molar-refractivity contribution in [2.24, 2.45) is 0 Å². The van der Waals surface area contributed by atoms with Crippen molar-refractivity contribution in [1.29, 1.82) is 0 Å². The Balaban J connectivity index is 2.26. The van der Waals surface area contributed by atoms with Crippen LogP contribution in [0.5, 0.6) is 0 Å². The van der Waals surface area contributed by atoms with Gasteiger partial charge in [-0.25, -0.2) is 0 Å². The number of nitrogens with zero attached hydrogens (tertiary/aromatic N) is 1. The van der Waals surface area contributed by atoms with Gasteiger partial charge in [-0.3, -0.25) is 0 Å². The van der Waals surface area contributed by atoms with Crippen LogP contribution in [0.3, 0.4) is 0 Å². The lowest BCUT2D eigenvalue weighted by Crippen LogP contribution is -2.48. The zero-order chi connectivity index (χ0) is 18.0. The number of piperidine rings is 1. The maximum absolute atomic E-state index is 6.60. The Labute approximate surface area is 154 Å². The summed E-state index contributed by atoms with van der Waals surface area (Å²) in [7, 11) is -1.78. The molecule has 1 aliphatic heterocycles. The average Bonchev–Trinajstić information content (AvgIpc) is 2.50. The summed E-state index contributed by atoms with van der Waals surface area (Å²) in [4.78, 5) is 3.54. The van der Waals surface area contributed by atoms with Gasteiger partial charge in [0.25, 0.3) is 0 Å². The Hall–Kier alpha value is -0.713. The molecule has 4 heteroatoms. The van der Waals surface area contributed by atoms with Crippen molar-refractivity contribution >= 4 is 25.5 Å². The van der Waals surface area contributed by atoms with Crippen LogP contribution in [0.2, 0.25) is 18.1 Å². The molecule has 2 nitrogen and oxygen atoms in total. The molecule has 0 unspecified atom stereocenters. The van der Waals surface area contributed by atoms with Gasteiger partial charge in [-0.2, -0.15) is 0 Å². The summed E-state index contributed by atoms with van der Waals surface area (Å²) in [5.41, 5.74) is 1.31. The lowest BCUT2D eigenvalue weighted by molar-refractivity contribution is 0.145. The highest BCUT2D eigenvalue weighted by Crippen LogP contribution is 2.38. The van der Waals surface area contributed by atoms with E-state index in [1.807, 2.05) is 0 Å². The first-order valence-corrected chi connectivity index (χ1v) is 12.5. The van der Waals surface area contributed by atoms with Crippen LogP contribution >= 0.6 is 12.2 Å². The van der Waals surface area contributed by atoms with E-state index in [4.69, 9.17) is 16.6 Å². The number of hydrogen-bond donors (Lipinski definition) is 0. The zero-order valence-electron chi connectivity index (χ0n) is 16.1. The van der Waals surface area contributed by atoms with Crippen molar-refractivity contribution in [2.75, 3.05) is 6.61 Å². The van der Waals surface area contributed by atoms with Crippen LogP contribution in [0.15, 0.2) is 30.3 Å². The van der Waals surface area contributed by atoms with Gasteiger partial charge in [0.1, 0.15) is 0 Å². The van der Waals surface area contributed by atoms with Crippen molar-refractivity contribution in [3.63, 3.8) is 0 Å². The van der Waals surface area contributed by atoms with Crippen LogP contribution in [-0.2, 0) is 4.43 Å². The largest absolute Gasteiger partial charge is 0.414 e. The fourth-order valence-electron chi connectivity index (χ4n) is 3.06.